The molecule has 0 atom stereocenters. The minimum absolute atomic E-state index is 0.116. The van der Waals surface area contributed by atoms with Crippen molar-refractivity contribution in [2.75, 3.05) is 25.0 Å². The predicted molar refractivity (Wildman–Crippen MR) is 150 cm³/mol. The van der Waals surface area contributed by atoms with Gasteiger partial charge in [-0.15, -0.1) is 0 Å². The lowest BCUT2D eigenvalue weighted by Gasteiger charge is -2.38. The van der Waals surface area contributed by atoms with E-state index in [-0.39, 0.29) is 12.0 Å². The molecule has 12 heteroatoms. The van der Waals surface area contributed by atoms with Gasteiger partial charge < -0.3 is 24.4 Å². The molecule has 40 heavy (non-hydrogen) atoms. The molecular weight excluding hydrogens is 534 g/mol. The number of likely N-dealkylation sites (tertiary alicyclic amines) is 1. The van der Waals surface area contributed by atoms with Gasteiger partial charge in [0, 0.05) is 29.4 Å². The molecule has 4 heterocycles. The van der Waals surface area contributed by atoms with Crippen LogP contribution in [-0.2, 0) is 4.79 Å². The highest BCUT2D eigenvalue weighted by Gasteiger charge is 2.31. The number of carbonyl (C=O) groups is 1. The molecule has 11 nitrogen and oxygen atoms in total. The molecule has 1 N–H and O–H groups in total. The van der Waals surface area contributed by atoms with Crippen molar-refractivity contribution in [3.63, 3.8) is 0 Å². The monoisotopic (exact) mass is 557 g/mol. The fraction of sp³-hybridized carbons (Fsp3) is 0.179. The molecule has 0 radical (unpaired) electrons. The van der Waals surface area contributed by atoms with Crippen molar-refractivity contribution in [1.29, 1.82) is 0 Å². The van der Waals surface area contributed by atoms with E-state index < -0.39 is 0 Å². The van der Waals surface area contributed by atoms with Crippen LogP contribution in [0.1, 0.15) is 6.92 Å². The minimum atomic E-state index is -0.154. The van der Waals surface area contributed by atoms with Crippen molar-refractivity contribution in [1.82, 2.24) is 29.5 Å². The molecule has 0 unspecified atom stereocenters. The number of amides is 1. The van der Waals surface area contributed by atoms with E-state index in [2.05, 4.69) is 31.9 Å². The third-order valence-electron chi connectivity index (χ3n) is 6.30. The smallest absolute Gasteiger partial charge is 0.246 e. The van der Waals surface area contributed by atoms with E-state index in [9.17, 15) is 4.79 Å². The Bertz CT molecular complexity index is 1740. The number of nitrogens with zero attached hydrogens (tertiary/aromatic N) is 6. The number of rotatable bonds is 9. The Morgan fingerprint density at radius 3 is 2.77 bits per heavy atom. The SMILES string of the molecule is C=CC(=O)N1CC(Oc2cc3c(Nc4ccc(Oc5ccn6ncnc6c5)c(Cl)c4)ncnc3cc2OCC)C1. The maximum absolute atomic E-state index is 11.8. The molecule has 0 saturated carbocycles. The summed E-state index contributed by atoms with van der Waals surface area (Å²) in [5, 5.41) is 8.55. The predicted octanol–water partition coefficient (Wildman–Crippen LogP) is 5.04. The maximum atomic E-state index is 11.8. The van der Waals surface area contributed by atoms with E-state index in [1.54, 1.807) is 39.9 Å². The summed E-state index contributed by atoms with van der Waals surface area (Å²) in [5.74, 6) is 2.65. The lowest BCUT2D eigenvalue weighted by Crippen LogP contribution is -2.55. The van der Waals surface area contributed by atoms with E-state index in [0.717, 1.165) is 5.39 Å². The lowest BCUT2D eigenvalue weighted by atomic mass is 10.1. The van der Waals surface area contributed by atoms with E-state index >= 15 is 0 Å². The zero-order chi connectivity index (χ0) is 27.6. The first-order chi connectivity index (χ1) is 19.5. The van der Waals surface area contributed by atoms with Crippen molar-refractivity contribution in [3.05, 3.63) is 79.0 Å². The van der Waals surface area contributed by atoms with Gasteiger partial charge in [-0.1, -0.05) is 18.2 Å². The standard InChI is InChI=1S/C28H24ClN7O4/c1-3-27(37)35-13-19(14-35)40-25-11-20-22(12-24(25)38-4-2)30-15-32-28(20)34-17-5-6-23(21(29)9-17)39-18-7-8-36-26(10-18)31-16-33-36/h3,5-12,15-16,19H,1,4,13-14H2,2H3,(H,30,32,34). The van der Waals surface area contributed by atoms with Crippen LogP contribution in [0, 0.1) is 0 Å². The van der Waals surface area contributed by atoms with Crippen LogP contribution in [0.4, 0.5) is 11.5 Å². The lowest BCUT2D eigenvalue weighted by molar-refractivity contribution is -0.134. The van der Waals surface area contributed by atoms with Crippen LogP contribution in [0.2, 0.25) is 5.02 Å². The number of ether oxygens (including phenoxy) is 3. The van der Waals surface area contributed by atoms with Gasteiger partial charge in [0.2, 0.25) is 5.91 Å². The summed E-state index contributed by atoms with van der Waals surface area (Å²) < 4.78 is 19.6. The molecular formula is C28H24ClN7O4. The molecule has 1 aliphatic heterocycles. The van der Waals surface area contributed by atoms with Gasteiger partial charge in [0.1, 0.15) is 36.1 Å². The molecule has 1 aliphatic rings. The summed E-state index contributed by atoms with van der Waals surface area (Å²) in [6, 6.07) is 12.6. The van der Waals surface area contributed by atoms with Crippen LogP contribution in [0.15, 0.2) is 74.0 Å². The molecule has 0 aliphatic carbocycles. The number of anilines is 2. The van der Waals surface area contributed by atoms with Crippen LogP contribution in [0.25, 0.3) is 16.6 Å². The van der Waals surface area contributed by atoms with Gasteiger partial charge in [-0.2, -0.15) is 5.10 Å². The molecule has 5 aromatic rings. The van der Waals surface area contributed by atoms with Gasteiger partial charge in [0.15, 0.2) is 17.1 Å². The largest absolute Gasteiger partial charge is 0.490 e. The number of hydrogen-bond acceptors (Lipinski definition) is 9. The second-order valence-electron chi connectivity index (χ2n) is 8.96. The van der Waals surface area contributed by atoms with E-state index in [1.165, 1.54) is 18.7 Å². The molecule has 1 fully saturated rings. The summed E-state index contributed by atoms with van der Waals surface area (Å²) in [5.41, 5.74) is 2.05. The fourth-order valence-corrected chi connectivity index (χ4v) is 4.53. The highest BCUT2D eigenvalue weighted by Crippen LogP contribution is 2.37. The van der Waals surface area contributed by atoms with Crippen molar-refractivity contribution in [3.8, 4) is 23.0 Å². The van der Waals surface area contributed by atoms with Crippen molar-refractivity contribution >= 4 is 45.6 Å². The number of pyridine rings is 1. The van der Waals surface area contributed by atoms with Crippen LogP contribution in [0.5, 0.6) is 23.0 Å². The average Bonchev–Trinajstić information content (AvgIpc) is 3.40. The first-order valence-corrected chi connectivity index (χ1v) is 12.9. The van der Waals surface area contributed by atoms with Crippen LogP contribution in [-0.4, -0.2) is 61.2 Å². The van der Waals surface area contributed by atoms with Crippen molar-refractivity contribution in [2.24, 2.45) is 0 Å². The summed E-state index contributed by atoms with van der Waals surface area (Å²) in [7, 11) is 0. The molecule has 3 aromatic heterocycles. The third kappa shape index (κ3) is 5.06. The number of halogens is 1. The number of nitrogens with one attached hydrogen (secondary N) is 1. The number of fused-ring (bicyclic) bond motifs is 2. The molecule has 0 spiro atoms. The first kappa shape index (κ1) is 25.4. The van der Waals surface area contributed by atoms with Gasteiger partial charge in [-0.3, -0.25) is 4.79 Å². The average molecular weight is 558 g/mol. The second-order valence-corrected chi connectivity index (χ2v) is 9.36. The molecule has 2 aromatic carbocycles. The first-order valence-electron chi connectivity index (χ1n) is 12.5. The zero-order valence-corrected chi connectivity index (χ0v) is 22.2. The van der Waals surface area contributed by atoms with Gasteiger partial charge in [0.05, 0.1) is 30.2 Å². The topological polar surface area (TPSA) is 116 Å². The fourth-order valence-electron chi connectivity index (χ4n) is 4.31. The quantitative estimate of drug-likeness (QED) is 0.249. The summed E-state index contributed by atoms with van der Waals surface area (Å²) in [4.78, 5) is 26.5. The van der Waals surface area contributed by atoms with E-state index in [1.807, 2.05) is 25.1 Å². The Hall–Kier alpha value is -4.90. The number of aromatic nitrogens is 5. The van der Waals surface area contributed by atoms with Crippen molar-refractivity contribution < 1.29 is 19.0 Å². The van der Waals surface area contributed by atoms with Crippen LogP contribution in [0.3, 0.4) is 0 Å². The zero-order valence-electron chi connectivity index (χ0n) is 21.5. The maximum Gasteiger partial charge on any atom is 0.246 e. The summed E-state index contributed by atoms with van der Waals surface area (Å²) in [6.45, 7) is 6.85. The third-order valence-corrected chi connectivity index (χ3v) is 6.60. The Morgan fingerprint density at radius 2 is 1.98 bits per heavy atom. The van der Waals surface area contributed by atoms with Gasteiger partial charge in [0.25, 0.3) is 0 Å². The number of hydrogen-bond donors (Lipinski definition) is 1. The Kier molecular flexibility index (Phi) is 6.79. The van der Waals surface area contributed by atoms with Gasteiger partial charge in [-0.05, 0) is 43.3 Å². The van der Waals surface area contributed by atoms with Crippen molar-refractivity contribution in [2.45, 2.75) is 13.0 Å². The van der Waals surface area contributed by atoms with E-state index in [0.29, 0.717) is 70.4 Å². The second kappa shape index (κ2) is 10.7. The van der Waals surface area contributed by atoms with E-state index in [4.69, 9.17) is 25.8 Å². The normalized spacial score (nSPS) is 13.2. The highest BCUT2D eigenvalue weighted by molar-refractivity contribution is 6.32. The molecule has 6 rings (SSSR count). The number of carbonyl (C=O) groups excluding carboxylic acids is 1. The highest BCUT2D eigenvalue weighted by atomic mass is 35.5. The minimum Gasteiger partial charge on any atom is -0.490 e. The molecule has 1 amide bonds. The number of benzene rings is 2. The Labute approximate surface area is 234 Å². The molecule has 202 valence electrons. The van der Waals surface area contributed by atoms with Crippen LogP contribution < -0.4 is 19.5 Å². The Morgan fingerprint density at radius 1 is 1.10 bits per heavy atom. The van der Waals surface area contributed by atoms with Gasteiger partial charge >= 0.3 is 0 Å². The molecule has 0 bridgehead atoms. The van der Waals surface area contributed by atoms with Gasteiger partial charge in [-0.25, -0.2) is 19.5 Å². The van der Waals surface area contributed by atoms with Crippen LogP contribution >= 0.6 is 11.6 Å². The summed E-state index contributed by atoms with van der Waals surface area (Å²) >= 11 is 6.56. The molecule has 1 saturated heterocycles. The Balaban J connectivity index is 1.23. The summed E-state index contributed by atoms with van der Waals surface area (Å²) in [6.07, 6.45) is 5.86.